The molecule has 2 aliphatic heterocycles. The molecule has 6 nitrogen and oxygen atoms in total. The first-order valence-electron chi connectivity index (χ1n) is 8.34. The molecule has 122 valence electrons. The maximum atomic E-state index is 12.4. The van der Waals surface area contributed by atoms with Gasteiger partial charge in [-0.25, -0.2) is 4.68 Å². The molecule has 0 N–H and O–H groups in total. The van der Waals surface area contributed by atoms with Gasteiger partial charge in [0.1, 0.15) is 5.82 Å². The third-order valence-corrected chi connectivity index (χ3v) is 4.97. The Hall–Kier alpha value is -1.43. The summed E-state index contributed by atoms with van der Waals surface area (Å²) in [5.74, 6) is 1.84. The van der Waals surface area contributed by atoms with Crippen molar-refractivity contribution >= 4 is 0 Å². The van der Waals surface area contributed by atoms with Gasteiger partial charge in [0, 0.05) is 31.6 Å². The summed E-state index contributed by atoms with van der Waals surface area (Å²) >= 11 is 0. The summed E-state index contributed by atoms with van der Waals surface area (Å²) in [5.41, 5.74) is -0.868. The summed E-state index contributed by atoms with van der Waals surface area (Å²) in [6, 6.07) is 0.503. The Morgan fingerprint density at radius 2 is 1.86 bits per heavy atom. The Morgan fingerprint density at radius 1 is 1.14 bits per heavy atom. The minimum absolute atomic E-state index is 0.280. The first-order valence-corrected chi connectivity index (χ1v) is 8.34. The highest BCUT2D eigenvalue weighted by Crippen LogP contribution is 2.37. The van der Waals surface area contributed by atoms with Crippen LogP contribution in [0.4, 0.5) is 0 Å². The molecular formula is C16H26N4O2. The summed E-state index contributed by atoms with van der Waals surface area (Å²) in [6.45, 7) is 11.6. The summed E-state index contributed by atoms with van der Waals surface area (Å²) < 4.78 is 3.02. The first-order chi connectivity index (χ1) is 10.4. The third kappa shape index (κ3) is 2.53. The molecule has 1 aromatic rings. The van der Waals surface area contributed by atoms with Gasteiger partial charge in [0.05, 0.1) is 0 Å². The fraction of sp³-hybridized carbons (Fsp3) is 0.812. The summed E-state index contributed by atoms with van der Waals surface area (Å²) in [6.07, 6.45) is 1.07. The topological polar surface area (TPSA) is 60.1 Å². The lowest BCUT2D eigenvalue weighted by atomic mass is 9.87. The summed E-state index contributed by atoms with van der Waals surface area (Å²) in [7, 11) is 0. The predicted octanol–water partition coefficient (Wildman–Crippen LogP) is 0.889. The predicted molar refractivity (Wildman–Crippen MR) is 85.2 cm³/mol. The molecule has 2 unspecified atom stereocenters. The molecular weight excluding hydrogens is 280 g/mol. The van der Waals surface area contributed by atoms with Crippen LogP contribution in [0.5, 0.6) is 0 Å². The molecule has 0 saturated carbocycles. The molecule has 0 aliphatic carbocycles. The number of hydrogen-bond donors (Lipinski definition) is 0. The lowest BCUT2D eigenvalue weighted by molar-refractivity contribution is 0.133. The number of likely N-dealkylation sites (tertiary alicyclic amines) is 1. The van der Waals surface area contributed by atoms with Crippen LogP contribution in [-0.4, -0.2) is 38.4 Å². The van der Waals surface area contributed by atoms with Crippen molar-refractivity contribution in [3.8, 4) is 0 Å². The van der Waals surface area contributed by atoms with E-state index in [9.17, 15) is 9.59 Å². The van der Waals surface area contributed by atoms with Crippen LogP contribution in [-0.2, 0) is 13.1 Å². The van der Waals surface area contributed by atoms with Crippen molar-refractivity contribution in [2.45, 2.75) is 59.2 Å². The molecule has 6 heteroatoms. The molecule has 3 rings (SSSR count). The molecule has 0 radical (unpaired) electrons. The van der Waals surface area contributed by atoms with Crippen molar-refractivity contribution in [2.24, 2.45) is 11.8 Å². The molecule has 0 amide bonds. The molecule has 3 heterocycles. The van der Waals surface area contributed by atoms with Gasteiger partial charge in [0.15, 0.2) is 0 Å². The zero-order valence-electron chi connectivity index (χ0n) is 14.0. The van der Waals surface area contributed by atoms with Crippen LogP contribution in [0.3, 0.4) is 0 Å². The van der Waals surface area contributed by atoms with Crippen LogP contribution in [0.2, 0.25) is 0 Å². The summed E-state index contributed by atoms with van der Waals surface area (Å²) in [5, 5.41) is 4.57. The molecule has 1 aromatic heterocycles. The number of nitrogens with zero attached hydrogens (tertiary/aromatic N) is 4. The van der Waals surface area contributed by atoms with E-state index >= 15 is 0 Å². The number of piperidine rings is 1. The quantitative estimate of drug-likeness (QED) is 0.778. The van der Waals surface area contributed by atoms with Gasteiger partial charge in [-0.2, -0.15) is 5.10 Å². The Balaban J connectivity index is 2.00. The summed E-state index contributed by atoms with van der Waals surface area (Å²) in [4.78, 5) is 27.0. The van der Waals surface area contributed by atoms with Crippen LogP contribution in [0.15, 0.2) is 9.59 Å². The smallest absolute Gasteiger partial charge is 0.300 e. The van der Waals surface area contributed by atoms with Gasteiger partial charge >= 0.3 is 11.1 Å². The molecule has 22 heavy (non-hydrogen) atoms. The molecule has 0 bridgehead atoms. The highest BCUT2D eigenvalue weighted by molar-refractivity contribution is 5.10. The van der Waals surface area contributed by atoms with E-state index in [1.54, 1.807) is 4.57 Å². The zero-order valence-corrected chi connectivity index (χ0v) is 14.0. The molecule has 2 aliphatic rings. The van der Waals surface area contributed by atoms with E-state index in [1.807, 2.05) is 13.8 Å². The highest BCUT2D eigenvalue weighted by atomic mass is 16.2. The zero-order chi connectivity index (χ0) is 16.0. The van der Waals surface area contributed by atoms with Crippen LogP contribution >= 0.6 is 0 Å². The second-order valence-corrected chi connectivity index (χ2v) is 7.40. The Bertz CT molecular complexity index is 674. The third-order valence-electron chi connectivity index (χ3n) is 4.97. The number of rotatable bonds is 3. The van der Waals surface area contributed by atoms with E-state index in [1.165, 1.54) is 4.68 Å². The monoisotopic (exact) mass is 306 g/mol. The Kier molecular flexibility index (Phi) is 3.97. The standard InChI is InChI=1S/C16H26N4O2/c1-10(2)7-20-16(22)15(21)19-8-12-5-6-18(11(3)4)9-13(12)14(19)17-20/h10-13H,5-9H2,1-4H3. The van der Waals surface area contributed by atoms with Crippen molar-refractivity contribution in [1.29, 1.82) is 0 Å². The van der Waals surface area contributed by atoms with Crippen LogP contribution in [0.1, 0.15) is 45.9 Å². The maximum absolute atomic E-state index is 12.4. The molecule has 0 aromatic carbocycles. The van der Waals surface area contributed by atoms with Crippen molar-refractivity contribution in [3.63, 3.8) is 0 Å². The van der Waals surface area contributed by atoms with Gasteiger partial charge in [0.25, 0.3) is 0 Å². The minimum Gasteiger partial charge on any atom is -0.300 e. The highest BCUT2D eigenvalue weighted by Gasteiger charge is 2.40. The fourth-order valence-corrected chi connectivity index (χ4v) is 3.71. The van der Waals surface area contributed by atoms with Crippen molar-refractivity contribution in [1.82, 2.24) is 19.2 Å². The second-order valence-electron chi connectivity index (χ2n) is 7.40. The minimum atomic E-state index is -0.475. The molecule has 1 saturated heterocycles. The van der Waals surface area contributed by atoms with Crippen LogP contribution < -0.4 is 11.1 Å². The van der Waals surface area contributed by atoms with Gasteiger partial charge in [-0.15, -0.1) is 0 Å². The normalized spacial score (nSPS) is 24.8. The molecule has 2 atom stereocenters. The van der Waals surface area contributed by atoms with Crippen molar-refractivity contribution < 1.29 is 0 Å². The second kappa shape index (κ2) is 5.65. The van der Waals surface area contributed by atoms with Gasteiger partial charge in [-0.1, -0.05) is 13.8 Å². The average molecular weight is 306 g/mol. The molecule has 1 fully saturated rings. The average Bonchev–Trinajstić information content (AvgIpc) is 2.82. The maximum Gasteiger partial charge on any atom is 0.332 e. The van der Waals surface area contributed by atoms with Gasteiger partial charge in [-0.3, -0.25) is 14.2 Å². The number of hydrogen-bond acceptors (Lipinski definition) is 4. The van der Waals surface area contributed by atoms with E-state index in [4.69, 9.17) is 0 Å². The van der Waals surface area contributed by atoms with Crippen molar-refractivity contribution in [3.05, 3.63) is 26.5 Å². The lowest BCUT2D eigenvalue weighted by Gasteiger charge is -2.36. The largest absolute Gasteiger partial charge is 0.332 e. The van der Waals surface area contributed by atoms with Gasteiger partial charge in [-0.05, 0) is 38.6 Å². The van der Waals surface area contributed by atoms with Crippen molar-refractivity contribution in [2.75, 3.05) is 13.1 Å². The molecule has 0 spiro atoms. The SMILES string of the molecule is CC(C)Cn1nc2n(c(=O)c1=O)CC1CCN(C(C)C)CC21. The van der Waals surface area contributed by atoms with E-state index in [-0.39, 0.29) is 5.92 Å². The van der Waals surface area contributed by atoms with E-state index in [0.29, 0.717) is 31.0 Å². The van der Waals surface area contributed by atoms with Crippen LogP contribution in [0, 0.1) is 11.8 Å². The van der Waals surface area contributed by atoms with Gasteiger partial charge < -0.3 is 4.90 Å². The van der Waals surface area contributed by atoms with E-state index in [2.05, 4.69) is 23.8 Å². The Morgan fingerprint density at radius 3 is 2.50 bits per heavy atom. The van der Waals surface area contributed by atoms with E-state index < -0.39 is 11.1 Å². The van der Waals surface area contributed by atoms with Crippen LogP contribution in [0.25, 0.3) is 0 Å². The van der Waals surface area contributed by atoms with Gasteiger partial charge in [0.2, 0.25) is 0 Å². The first kappa shape index (κ1) is 15.5. The number of aromatic nitrogens is 3. The number of fused-ring (bicyclic) bond motifs is 3. The fourth-order valence-electron chi connectivity index (χ4n) is 3.71. The Labute approximate surface area is 130 Å². The lowest BCUT2D eigenvalue weighted by Crippen LogP contribution is -2.44. The van der Waals surface area contributed by atoms with E-state index in [0.717, 1.165) is 25.3 Å².